The molecule has 2 aliphatic rings. The van der Waals surface area contributed by atoms with Crippen LogP contribution in [0.2, 0.25) is 5.02 Å². The number of nitrogens with zero attached hydrogens (tertiary/aromatic N) is 3. The van der Waals surface area contributed by atoms with Gasteiger partial charge in [-0.1, -0.05) is 11.6 Å². The number of carbonyl (C=O) groups is 2. The van der Waals surface area contributed by atoms with Crippen molar-refractivity contribution in [3.63, 3.8) is 0 Å². The summed E-state index contributed by atoms with van der Waals surface area (Å²) in [6.45, 7) is 3.15. The van der Waals surface area contributed by atoms with Gasteiger partial charge in [-0.25, -0.2) is 4.39 Å². The van der Waals surface area contributed by atoms with Gasteiger partial charge in [0.2, 0.25) is 11.8 Å². The number of hydrogen-bond donors (Lipinski definition) is 0. The molecule has 4 rings (SSSR count). The molecule has 148 valence electrons. The van der Waals surface area contributed by atoms with Crippen LogP contribution in [0.1, 0.15) is 12.2 Å². The quantitative estimate of drug-likeness (QED) is 0.784. The van der Waals surface area contributed by atoms with Crippen molar-refractivity contribution in [1.82, 2.24) is 9.80 Å². The summed E-state index contributed by atoms with van der Waals surface area (Å²) in [5, 5.41) is 0.370. The van der Waals surface area contributed by atoms with Gasteiger partial charge >= 0.3 is 0 Å². The van der Waals surface area contributed by atoms with E-state index in [1.165, 1.54) is 12.1 Å². The van der Waals surface area contributed by atoms with E-state index in [4.69, 9.17) is 16.0 Å². The van der Waals surface area contributed by atoms with Gasteiger partial charge in [-0.15, -0.1) is 0 Å². The van der Waals surface area contributed by atoms with Gasteiger partial charge in [0, 0.05) is 39.1 Å². The zero-order valence-electron chi connectivity index (χ0n) is 15.3. The number of benzene rings is 1. The lowest BCUT2D eigenvalue weighted by Crippen LogP contribution is -2.50. The predicted molar refractivity (Wildman–Crippen MR) is 102 cm³/mol. The number of halogens is 2. The van der Waals surface area contributed by atoms with Gasteiger partial charge in [0.25, 0.3) is 0 Å². The Hall–Kier alpha value is -2.54. The number of hydrogen-bond acceptors (Lipinski definition) is 4. The molecule has 0 radical (unpaired) electrons. The van der Waals surface area contributed by atoms with Crippen molar-refractivity contribution >= 4 is 29.1 Å². The van der Waals surface area contributed by atoms with Crippen LogP contribution in [0, 0.1) is 11.7 Å². The maximum Gasteiger partial charge on any atom is 0.228 e. The Bertz CT molecular complexity index is 866. The molecule has 0 bridgehead atoms. The van der Waals surface area contributed by atoms with Gasteiger partial charge in [0.1, 0.15) is 11.6 Å². The summed E-state index contributed by atoms with van der Waals surface area (Å²) in [5.74, 6) is 0.0221. The van der Waals surface area contributed by atoms with E-state index in [2.05, 4.69) is 4.90 Å². The van der Waals surface area contributed by atoms with Gasteiger partial charge in [0.15, 0.2) is 0 Å². The highest BCUT2D eigenvalue weighted by atomic mass is 35.5. The third-order valence-electron chi connectivity index (χ3n) is 5.33. The molecular formula is C20H21ClFN3O3. The Labute approximate surface area is 167 Å². The second kappa shape index (κ2) is 7.83. The average Bonchev–Trinajstić information content (AvgIpc) is 3.32. The minimum atomic E-state index is -0.368. The van der Waals surface area contributed by atoms with Crippen molar-refractivity contribution in [3.05, 3.63) is 53.2 Å². The van der Waals surface area contributed by atoms with Gasteiger partial charge in [-0.2, -0.15) is 0 Å². The SMILES string of the molecule is O=C1C[C@H](C(=O)N2CCN(c3ccc(F)cc3Cl)CC2)CN1Cc1ccco1. The molecule has 2 amide bonds. The summed E-state index contributed by atoms with van der Waals surface area (Å²) in [6, 6.07) is 7.95. The van der Waals surface area contributed by atoms with Crippen LogP contribution < -0.4 is 4.90 Å². The van der Waals surface area contributed by atoms with E-state index in [9.17, 15) is 14.0 Å². The lowest BCUT2D eigenvalue weighted by molar-refractivity contribution is -0.136. The van der Waals surface area contributed by atoms with Crippen molar-refractivity contribution in [2.45, 2.75) is 13.0 Å². The summed E-state index contributed by atoms with van der Waals surface area (Å²) in [4.78, 5) is 30.7. The highest BCUT2D eigenvalue weighted by molar-refractivity contribution is 6.33. The number of amides is 2. The molecule has 2 fully saturated rings. The highest BCUT2D eigenvalue weighted by Crippen LogP contribution is 2.28. The average molecular weight is 406 g/mol. The predicted octanol–water partition coefficient (Wildman–Crippen LogP) is 2.77. The standard InChI is InChI=1S/C20H21ClFN3O3/c21-17-11-15(22)3-4-18(17)23-5-7-24(8-6-23)20(27)14-10-19(26)25(12-14)13-16-2-1-9-28-16/h1-4,9,11,14H,5-8,10,12-13H2/t14-/m0/s1. The monoisotopic (exact) mass is 405 g/mol. The van der Waals surface area contributed by atoms with Crippen LogP contribution >= 0.6 is 11.6 Å². The largest absolute Gasteiger partial charge is 0.467 e. The molecule has 0 spiro atoms. The smallest absolute Gasteiger partial charge is 0.228 e. The van der Waals surface area contributed by atoms with E-state index in [0.29, 0.717) is 50.1 Å². The summed E-state index contributed by atoms with van der Waals surface area (Å²) in [6.07, 6.45) is 1.81. The van der Waals surface area contributed by atoms with Crippen LogP contribution in [0.15, 0.2) is 41.0 Å². The fraction of sp³-hybridized carbons (Fsp3) is 0.400. The second-order valence-electron chi connectivity index (χ2n) is 7.16. The number of piperazine rings is 1. The van der Waals surface area contributed by atoms with E-state index in [0.717, 1.165) is 5.69 Å². The van der Waals surface area contributed by atoms with Crippen LogP contribution in [0.4, 0.5) is 10.1 Å². The van der Waals surface area contributed by atoms with Crippen LogP contribution in [0.3, 0.4) is 0 Å². The second-order valence-corrected chi connectivity index (χ2v) is 7.57. The van der Waals surface area contributed by atoms with Crippen LogP contribution in [0.25, 0.3) is 0 Å². The van der Waals surface area contributed by atoms with Gasteiger partial charge in [-0.05, 0) is 30.3 Å². The first-order chi connectivity index (χ1) is 13.5. The van der Waals surface area contributed by atoms with E-state index >= 15 is 0 Å². The molecule has 3 heterocycles. The molecule has 1 aromatic heterocycles. The van der Waals surface area contributed by atoms with Crippen LogP contribution in [-0.4, -0.2) is 54.3 Å². The van der Waals surface area contributed by atoms with Crippen molar-refractivity contribution < 1.29 is 18.4 Å². The molecule has 28 heavy (non-hydrogen) atoms. The molecule has 2 aromatic rings. The molecule has 2 saturated heterocycles. The minimum Gasteiger partial charge on any atom is -0.467 e. The van der Waals surface area contributed by atoms with Crippen molar-refractivity contribution in [2.24, 2.45) is 5.92 Å². The Balaban J connectivity index is 1.33. The molecule has 6 nitrogen and oxygen atoms in total. The Kier molecular flexibility index (Phi) is 5.26. The number of anilines is 1. The molecule has 0 aliphatic carbocycles. The topological polar surface area (TPSA) is 57.0 Å². The van der Waals surface area contributed by atoms with Crippen molar-refractivity contribution in [2.75, 3.05) is 37.6 Å². The zero-order chi connectivity index (χ0) is 19.7. The lowest BCUT2D eigenvalue weighted by atomic mass is 10.1. The van der Waals surface area contributed by atoms with Crippen LogP contribution in [0.5, 0.6) is 0 Å². The maximum absolute atomic E-state index is 13.2. The summed E-state index contributed by atoms with van der Waals surface area (Å²) >= 11 is 6.14. The van der Waals surface area contributed by atoms with Gasteiger partial charge < -0.3 is 19.1 Å². The van der Waals surface area contributed by atoms with Crippen LogP contribution in [-0.2, 0) is 16.1 Å². The number of furan rings is 1. The number of carbonyl (C=O) groups excluding carboxylic acids is 2. The van der Waals surface area contributed by atoms with E-state index in [1.54, 1.807) is 23.3 Å². The first-order valence-electron chi connectivity index (χ1n) is 9.30. The first kappa shape index (κ1) is 18.8. The van der Waals surface area contributed by atoms with Gasteiger partial charge in [0.05, 0.1) is 29.4 Å². The lowest BCUT2D eigenvalue weighted by Gasteiger charge is -2.37. The summed E-state index contributed by atoms with van der Waals surface area (Å²) < 4.78 is 18.5. The Morgan fingerprint density at radius 2 is 2.00 bits per heavy atom. The van der Waals surface area contributed by atoms with Crippen molar-refractivity contribution in [1.29, 1.82) is 0 Å². The third-order valence-corrected chi connectivity index (χ3v) is 5.64. The fourth-order valence-electron chi connectivity index (χ4n) is 3.84. The molecule has 8 heteroatoms. The number of likely N-dealkylation sites (tertiary alicyclic amines) is 1. The Morgan fingerprint density at radius 3 is 2.68 bits per heavy atom. The molecule has 1 aromatic carbocycles. The third kappa shape index (κ3) is 3.85. The first-order valence-corrected chi connectivity index (χ1v) is 9.68. The molecule has 1 atom stereocenters. The van der Waals surface area contributed by atoms with E-state index < -0.39 is 0 Å². The molecule has 0 N–H and O–H groups in total. The van der Waals surface area contributed by atoms with E-state index in [-0.39, 0.29) is 30.0 Å². The minimum absolute atomic E-state index is 0.0140. The number of rotatable bonds is 4. The van der Waals surface area contributed by atoms with Gasteiger partial charge in [-0.3, -0.25) is 9.59 Å². The zero-order valence-corrected chi connectivity index (χ0v) is 16.1. The maximum atomic E-state index is 13.2. The fourth-order valence-corrected chi connectivity index (χ4v) is 4.13. The van der Waals surface area contributed by atoms with Crippen molar-refractivity contribution in [3.8, 4) is 0 Å². The highest BCUT2D eigenvalue weighted by Gasteiger charge is 2.37. The summed E-state index contributed by atoms with van der Waals surface area (Å²) in [5.41, 5.74) is 0.774. The summed E-state index contributed by atoms with van der Waals surface area (Å²) in [7, 11) is 0. The molecule has 0 saturated carbocycles. The van der Waals surface area contributed by atoms with E-state index in [1.807, 2.05) is 11.0 Å². The molecule has 2 aliphatic heterocycles. The molecular weight excluding hydrogens is 385 g/mol. The Morgan fingerprint density at radius 1 is 1.21 bits per heavy atom. The molecule has 0 unspecified atom stereocenters. The normalized spacial score (nSPS) is 20.1.